The molecule has 25 heavy (non-hydrogen) atoms. The molecule has 1 aromatic heterocycles. The summed E-state index contributed by atoms with van der Waals surface area (Å²) in [6.45, 7) is 4.76. The minimum Gasteiger partial charge on any atom is -0.510 e. The third-order valence-electron chi connectivity index (χ3n) is 3.85. The summed E-state index contributed by atoms with van der Waals surface area (Å²) in [5.41, 5.74) is 2.83. The molecule has 1 aliphatic heterocycles. The van der Waals surface area contributed by atoms with Crippen molar-refractivity contribution in [3.05, 3.63) is 57.2 Å². The second-order valence-corrected chi connectivity index (χ2v) is 6.60. The van der Waals surface area contributed by atoms with Crippen molar-refractivity contribution >= 4 is 28.7 Å². The van der Waals surface area contributed by atoms with Gasteiger partial charge in [-0.2, -0.15) is 0 Å². The van der Waals surface area contributed by atoms with E-state index in [2.05, 4.69) is 4.98 Å². The summed E-state index contributed by atoms with van der Waals surface area (Å²) in [7, 11) is 0. The van der Waals surface area contributed by atoms with E-state index < -0.39 is 0 Å². The molecule has 2 aromatic rings. The number of thiazole rings is 1. The van der Waals surface area contributed by atoms with Crippen molar-refractivity contribution in [3.63, 3.8) is 0 Å². The highest BCUT2D eigenvalue weighted by Gasteiger charge is 2.30. The molecule has 0 spiro atoms. The zero-order valence-electron chi connectivity index (χ0n) is 14.1. The molecule has 0 bridgehead atoms. The van der Waals surface area contributed by atoms with Crippen LogP contribution in [-0.4, -0.2) is 39.9 Å². The Morgan fingerprint density at radius 1 is 1.40 bits per heavy atom. The van der Waals surface area contributed by atoms with Crippen LogP contribution in [0.25, 0.3) is 5.57 Å². The van der Waals surface area contributed by atoms with Gasteiger partial charge in [0.2, 0.25) is 0 Å². The maximum Gasteiger partial charge on any atom is 0.338 e. The van der Waals surface area contributed by atoms with Gasteiger partial charge in [-0.25, -0.2) is 9.78 Å². The second-order valence-electron chi connectivity index (χ2n) is 5.74. The van der Waals surface area contributed by atoms with Gasteiger partial charge in [-0.05, 0) is 31.5 Å². The predicted molar refractivity (Wildman–Crippen MR) is 96.9 cm³/mol. The van der Waals surface area contributed by atoms with Crippen molar-refractivity contribution in [3.8, 4) is 0 Å². The number of hydrogen-bond acceptors (Lipinski definition) is 6. The largest absolute Gasteiger partial charge is 0.510 e. The number of esters is 1. The third kappa shape index (κ3) is 3.56. The fourth-order valence-corrected chi connectivity index (χ4v) is 3.51. The van der Waals surface area contributed by atoms with Crippen LogP contribution in [0.2, 0.25) is 0 Å². The normalized spacial score (nSPS) is 14.3. The van der Waals surface area contributed by atoms with Gasteiger partial charge in [-0.15, -0.1) is 11.3 Å². The summed E-state index contributed by atoms with van der Waals surface area (Å²) >= 11 is 1.42. The Bertz CT molecular complexity index is 840. The van der Waals surface area contributed by atoms with Crippen LogP contribution in [0.15, 0.2) is 35.4 Å². The minimum atomic E-state index is -0.344. The molecular weight excluding hydrogens is 338 g/mol. The first kappa shape index (κ1) is 17.2. The summed E-state index contributed by atoms with van der Waals surface area (Å²) in [6.07, 6.45) is 0. The molecule has 2 heterocycles. The number of benzene rings is 1. The Morgan fingerprint density at radius 3 is 2.72 bits per heavy atom. The van der Waals surface area contributed by atoms with Crippen LogP contribution >= 0.6 is 11.3 Å². The number of aliphatic hydroxyl groups excluding tert-OH is 1. The molecule has 0 saturated heterocycles. The number of nitrogens with zero attached hydrogens (tertiary/aromatic N) is 2. The number of carbonyl (C=O) groups excluding carboxylic acids is 1. The molecule has 130 valence electrons. The van der Waals surface area contributed by atoms with E-state index in [-0.39, 0.29) is 24.1 Å². The van der Waals surface area contributed by atoms with E-state index in [1.165, 1.54) is 11.3 Å². The lowest BCUT2D eigenvalue weighted by atomic mass is 10.1. The molecule has 0 aliphatic carbocycles. The van der Waals surface area contributed by atoms with Crippen LogP contribution in [0.1, 0.15) is 33.5 Å². The molecule has 0 radical (unpaired) electrons. The van der Waals surface area contributed by atoms with Gasteiger partial charge in [0.05, 0.1) is 24.3 Å². The van der Waals surface area contributed by atoms with Crippen LogP contribution in [0.4, 0.5) is 0 Å². The van der Waals surface area contributed by atoms with Gasteiger partial charge in [0.15, 0.2) is 0 Å². The van der Waals surface area contributed by atoms with Gasteiger partial charge in [-0.1, -0.05) is 12.1 Å². The van der Waals surface area contributed by atoms with E-state index in [9.17, 15) is 9.90 Å². The number of aliphatic hydroxyl groups is 1. The zero-order valence-corrected chi connectivity index (χ0v) is 14.9. The fraction of sp³-hybridized carbons (Fsp3) is 0.278. The van der Waals surface area contributed by atoms with E-state index in [0.29, 0.717) is 29.3 Å². The van der Waals surface area contributed by atoms with E-state index in [0.717, 1.165) is 11.3 Å². The molecule has 0 amide bonds. The van der Waals surface area contributed by atoms with Crippen LogP contribution in [0.3, 0.4) is 0 Å². The summed E-state index contributed by atoms with van der Waals surface area (Å²) in [5.74, 6) is 0.0903. The smallest absolute Gasteiger partial charge is 0.338 e. The first-order chi connectivity index (χ1) is 12.0. The molecule has 6 nitrogen and oxygen atoms in total. The van der Waals surface area contributed by atoms with Gasteiger partial charge in [0, 0.05) is 17.6 Å². The first-order valence-corrected chi connectivity index (χ1v) is 8.82. The molecular formula is C18H19N3O3S. The lowest BCUT2D eigenvalue weighted by Gasteiger charge is -2.18. The van der Waals surface area contributed by atoms with Crippen molar-refractivity contribution in [2.24, 2.45) is 0 Å². The van der Waals surface area contributed by atoms with Crippen molar-refractivity contribution in [2.45, 2.75) is 20.4 Å². The van der Waals surface area contributed by atoms with Crippen LogP contribution < -0.4 is 0 Å². The molecule has 1 aromatic carbocycles. The Kier molecular flexibility index (Phi) is 4.85. The topological polar surface area (TPSA) is 86.5 Å². The van der Waals surface area contributed by atoms with Gasteiger partial charge in [0.25, 0.3) is 0 Å². The molecule has 2 N–H and O–H groups in total. The molecule has 1 aliphatic rings. The molecule has 3 rings (SSSR count). The number of ether oxygens (including phenoxy) is 1. The predicted octanol–water partition coefficient (Wildman–Crippen LogP) is 3.39. The zero-order chi connectivity index (χ0) is 18.0. The van der Waals surface area contributed by atoms with Crippen LogP contribution in [-0.2, 0) is 11.3 Å². The Labute approximate surface area is 149 Å². The van der Waals surface area contributed by atoms with Crippen LogP contribution in [0, 0.1) is 12.3 Å². The number of carbonyl (C=O) groups is 1. The van der Waals surface area contributed by atoms with Gasteiger partial charge < -0.3 is 14.7 Å². The SMILES string of the molecule is CCOC(=O)c1ccc(CN2CC(O)=C(c3nc(C)cs3)C2=N)cc1. The lowest BCUT2D eigenvalue weighted by molar-refractivity contribution is 0.0526. The Balaban J connectivity index is 1.71. The van der Waals surface area contributed by atoms with Gasteiger partial charge >= 0.3 is 5.97 Å². The number of aryl methyl sites for hydroxylation is 1. The highest BCUT2D eigenvalue weighted by atomic mass is 32.1. The Morgan fingerprint density at radius 2 is 2.12 bits per heavy atom. The number of rotatable bonds is 5. The molecule has 0 unspecified atom stereocenters. The maximum atomic E-state index is 11.7. The van der Waals surface area contributed by atoms with Gasteiger partial charge in [0.1, 0.15) is 16.6 Å². The van der Waals surface area contributed by atoms with Crippen molar-refractivity contribution in [2.75, 3.05) is 13.2 Å². The number of aromatic nitrogens is 1. The monoisotopic (exact) mass is 357 g/mol. The van der Waals surface area contributed by atoms with Crippen molar-refractivity contribution in [1.29, 1.82) is 5.41 Å². The summed E-state index contributed by atoms with van der Waals surface area (Å²) < 4.78 is 4.97. The average Bonchev–Trinajstić information content (AvgIpc) is 3.12. The second kappa shape index (κ2) is 7.06. The summed E-state index contributed by atoms with van der Waals surface area (Å²) in [4.78, 5) is 17.8. The molecule has 0 saturated carbocycles. The minimum absolute atomic E-state index is 0.169. The average molecular weight is 357 g/mol. The highest BCUT2D eigenvalue weighted by Crippen LogP contribution is 2.30. The number of nitrogens with one attached hydrogen (secondary N) is 1. The highest BCUT2D eigenvalue weighted by molar-refractivity contribution is 7.11. The van der Waals surface area contributed by atoms with E-state index in [4.69, 9.17) is 10.1 Å². The maximum absolute atomic E-state index is 11.7. The van der Waals surface area contributed by atoms with E-state index >= 15 is 0 Å². The summed E-state index contributed by atoms with van der Waals surface area (Å²) in [6, 6.07) is 7.10. The molecule has 0 atom stereocenters. The quantitative estimate of drug-likeness (QED) is 0.801. The number of amidine groups is 1. The summed E-state index contributed by atoms with van der Waals surface area (Å²) in [5, 5.41) is 21.2. The number of hydrogen-bond donors (Lipinski definition) is 2. The third-order valence-corrected chi connectivity index (χ3v) is 4.83. The van der Waals surface area contributed by atoms with Gasteiger partial charge in [-0.3, -0.25) is 5.41 Å². The van der Waals surface area contributed by atoms with Crippen molar-refractivity contribution in [1.82, 2.24) is 9.88 Å². The molecule has 7 heteroatoms. The van der Waals surface area contributed by atoms with E-state index in [1.807, 2.05) is 24.4 Å². The fourth-order valence-electron chi connectivity index (χ4n) is 2.64. The Hall–Kier alpha value is -2.67. The van der Waals surface area contributed by atoms with E-state index in [1.54, 1.807) is 24.0 Å². The standard InChI is InChI=1S/C18H19N3O3S/c1-3-24-18(23)13-6-4-12(5-7-13)8-21-9-14(22)15(16(21)19)17-20-11(2)10-25-17/h4-7,10,19,22H,3,8-9H2,1-2H3. The first-order valence-electron chi connectivity index (χ1n) is 7.94. The van der Waals surface area contributed by atoms with Crippen molar-refractivity contribution < 1.29 is 14.6 Å². The lowest BCUT2D eigenvalue weighted by Crippen LogP contribution is -2.26. The van der Waals surface area contributed by atoms with Crippen LogP contribution in [0.5, 0.6) is 0 Å². The molecule has 0 fully saturated rings.